The van der Waals surface area contributed by atoms with Crippen molar-refractivity contribution in [2.45, 2.75) is 43.9 Å². The highest BCUT2D eigenvalue weighted by Gasteiger charge is 2.44. The van der Waals surface area contributed by atoms with Crippen LogP contribution in [0.3, 0.4) is 0 Å². The molecule has 0 aromatic heterocycles. The van der Waals surface area contributed by atoms with Crippen molar-refractivity contribution in [3.05, 3.63) is 28.8 Å². The van der Waals surface area contributed by atoms with Crippen molar-refractivity contribution in [3.8, 4) is 0 Å². The molecule has 1 aromatic carbocycles. The number of amides is 3. The zero-order valence-electron chi connectivity index (χ0n) is 14.4. The molecule has 0 spiro atoms. The standard InChI is InChI=1S/C18H18F2N4O3/c19-11-4-13(23-5-8-3-9(6-23)21-8)10-7-24(18(27)15(10)16(11)20)12-1-2-14(25)22-17(12)26/h4,8-9,12,21H,1-3,5-7H2,(H,22,25,26). The number of nitrogens with zero attached hydrogens (tertiary/aromatic N) is 2. The van der Waals surface area contributed by atoms with Gasteiger partial charge in [-0.2, -0.15) is 0 Å². The number of anilines is 1. The number of imide groups is 1. The van der Waals surface area contributed by atoms with Gasteiger partial charge in [0.25, 0.3) is 5.91 Å². The molecule has 1 aromatic rings. The average molecular weight is 376 g/mol. The van der Waals surface area contributed by atoms with Crippen molar-refractivity contribution in [1.82, 2.24) is 15.5 Å². The van der Waals surface area contributed by atoms with Gasteiger partial charge in [-0.3, -0.25) is 19.7 Å². The first-order valence-corrected chi connectivity index (χ1v) is 9.09. The molecule has 2 bridgehead atoms. The van der Waals surface area contributed by atoms with Crippen LogP contribution in [0.15, 0.2) is 6.07 Å². The van der Waals surface area contributed by atoms with Gasteiger partial charge < -0.3 is 15.1 Å². The number of nitrogens with one attached hydrogen (secondary N) is 2. The van der Waals surface area contributed by atoms with Gasteiger partial charge in [0.2, 0.25) is 11.8 Å². The lowest BCUT2D eigenvalue weighted by Crippen LogP contribution is -2.67. The topological polar surface area (TPSA) is 81.8 Å². The molecule has 3 unspecified atom stereocenters. The van der Waals surface area contributed by atoms with Gasteiger partial charge in [-0.25, -0.2) is 8.78 Å². The highest BCUT2D eigenvalue weighted by atomic mass is 19.2. The molecule has 0 radical (unpaired) electrons. The average Bonchev–Trinajstić information content (AvgIpc) is 2.95. The number of piperidine rings is 2. The second kappa shape index (κ2) is 5.72. The second-order valence-corrected chi connectivity index (χ2v) is 7.65. The number of carbonyl (C=O) groups is 3. The van der Waals surface area contributed by atoms with Crippen LogP contribution >= 0.6 is 0 Å². The summed E-state index contributed by atoms with van der Waals surface area (Å²) in [5.41, 5.74) is 0.648. The molecule has 3 amide bonds. The van der Waals surface area contributed by atoms with Gasteiger partial charge in [-0.05, 0) is 12.8 Å². The summed E-state index contributed by atoms with van der Waals surface area (Å²) in [7, 11) is 0. The minimum Gasteiger partial charge on any atom is -0.368 e. The lowest BCUT2D eigenvalue weighted by molar-refractivity contribution is -0.136. The number of fused-ring (bicyclic) bond motifs is 3. The maximum Gasteiger partial charge on any atom is 0.258 e. The molecule has 3 atom stereocenters. The SMILES string of the molecule is O=C1CCC(N2Cc3c(N4CC5CC(C4)N5)cc(F)c(F)c3C2=O)C(=O)N1. The van der Waals surface area contributed by atoms with E-state index in [0.717, 1.165) is 12.5 Å². The highest BCUT2D eigenvalue weighted by Crippen LogP contribution is 2.38. The number of hydrogen-bond acceptors (Lipinski definition) is 5. The molecular weight excluding hydrogens is 358 g/mol. The summed E-state index contributed by atoms with van der Waals surface area (Å²) in [5.74, 6) is -3.89. The first-order valence-electron chi connectivity index (χ1n) is 9.09. The maximum absolute atomic E-state index is 14.5. The highest BCUT2D eigenvalue weighted by molar-refractivity contribution is 6.06. The molecule has 0 aliphatic carbocycles. The minimum absolute atomic E-state index is 0.0340. The van der Waals surface area contributed by atoms with Crippen LogP contribution in [0.4, 0.5) is 14.5 Å². The zero-order valence-corrected chi connectivity index (χ0v) is 14.4. The predicted molar refractivity (Wildman–Crippen MR) is 89.9 cm³/mol. The summed E-state index contributed by atoms with van der Waals surface area (Å²) in [6.07, 6.45) is 1.35. The number of benzene rings is 1. The van der Waals surface area contributed by atoms with Crippen LogP contribution in [0.2, 0.25) is 0 Å². The molecule has 4 saturated heterocycles. The van der Waals surface area contributed by atoms with E-state index in [1.807, 2.05) is 4.90 Å². The fourth-order valence-electron chi connectivity index (χ4n) is 4.64. The van der Waals surface area contributed by atoms with Crippen molar-refractivity contribution >= 4 is 23.4 Å². The van der Waals surface area contributed by atoms with Crippen LogP contribution < -0.4 is 15.5 Å². The van der Waals surface area contributed by atoms with E-state index in [-0.39, 0.29) is 24.9 Å². The van der Waals surface area contributed by atoms with Crippen molar-refractivity contribution in [1.29, 1.82) is 0 Å². The first kappa shape index (κ1) is 16.6. The van der Waals surface area contributed by atoms with E-state index in [2.05, 4.69) is 10.6 Å². The molecule has 5 aliphatic heterocycles. The zero-order chi connectivity index (χ0) is 18.9. The molecule has 0 saturated carbocycles. The van der Waals surface area contributed by atoms with Gasteiger partial charge in [-0.1, -0.05) is 0 Å². The number of rotatable bonds is 2. The van der Waals surface area contributed by atoms with E-state index >= 15 is 0 Å². The van der Waals surface area contributed by atoms with Gasteiger partial charge in [0.1, 0.15) is 6.04 Å². The third kappa shape index (κ3) is 2.44. The van der Waals surface area contributed by atoms with E-state index in [1.54, 1.807) is 0 Å². The fourth-order valence-corrected chi connectivity index (χ4v) is 4.64. The summed E-state index contributed by atoms with van der Waals surface area (Å²) >= 11 is 0. The Morgan fingerprint density at radius 2 is 1.81 bits per heavy atom. The molecule has 142 valence electrons. The summed E-state index contributed by atoms with van der Waals surface area (Å²) in [6, 6.07) is 0.932. The molecule has 2 N–H and O–H groups in total. The molecule has 5 heterocycles. The lowest BCUT2D eigenvalue weighted by atomic mass is 9.90. The lowest BCUT2D eigenvalue weighted by Gasteiger charge is -2.49. The van der Waals surface area contributed by atoms with E-state index < -0.39 is 35.4 Å². The van der Waals surface area contributed by atoms with Gasteiger partial charge in [0.15, 0.2) is 11.6 Å². The molecule has 4 fully saturated rings. The Balaban J connectivity index is 1.51. The van der Waals surface area contributed by atoms with E-state index in [4.69, 9.17) is 0 Å². The number of piperazine rings is 1. The smallest absolute Gasteiger partial charge is 0.258 e. The maximum atomic E-state index is 14.5. The Morgan fingerprint density at radius 3 is 2.48 bits per heavy atom. The fraction of sp³-hybridized carbons (Fsp3) is 0.500. The summed E-state index contributed by atoms with van der Waals surface area (Å²) in [6.45, 7) is 1.37. The van der Waals surface area contributed by atoms with E-state index in [1.165, 1.54) is 4.90 Å². The Morgan fingerprint density at radius 1 is 1.11 bits per heavy atom. The molecule has 7 nitrogen and oxygen atoms in total. The number of halogens is 2. The van der Waals surface area contributed by atoms with E-state index in [0.29, 0.717) is 36.4 Å². The largest absolute Gasteiger partial charge is 0.368 e. The molecule has 5 aliphatic rings. The monoisotopic (exact) mass is 376 g/mol. The van der Waals surface area contributed by atoms with Gasteiger partial charge >= 0.3 is 0 Å². The number of hydrogen-bond donors (Lipinski definition) is 2. The molecule has 9 heteroatoms. The number of carbonyl (C=O) groups excluding carboxylic acids is 3. The van der Waals surface area contributed by atoms with Gasteiger partial charge in [0.05, 0.1) is 5.56 Å². The second-order valence-electron chi connectivity index (χ2n) is 7.65. The normalized spacial score (nSPS) is 29.6. The van der Waals surface area contributed by atoms with Crippen molar-refractivity contribution < 1.29 is 23.2 Å². The van der Waals surface area contributed by atoms with Crippen molar-refractivity contribution in [3.63, 3.8) is 0 Å². The van der Waals surface area contributed by atoms with Crippen LogP contribution in [0.1, 0.15) is 35.2 Å². The minimum atomic E-state index is -1.17. The Bertz CT molecular complexity index is 874. The Labute approximate surface area is 153 Å². The van der Waals surface area contributed by atoms with Crippen LogP contribution in [-0.2, 0) is 16.1 Å². The van der Waals surface area contributed by atoms with Crippen molar-refractivity contribution in [2.75, 3.05) is 18.0 Å². The molecule has 27 heavy (non-hydrogen) atoms. The quantitative estimate of drug-likeness (QED) is 0.725. The van der Waals surface area contributed by atoms with E-state index in [9.17, 15) is 23.2 Å². The van der Waals surface area contributed by atoms with Gasteiger partial charge in [0, 0.05) is 55.5 Å². The Kier molecular flexibility index (Phi) is 3.52. The van der Waals surface area contributed by atoms with Gasteiger partial charge in [-0.15, -0.1) is 0 Å². The summed E-state index contributed by atoms with van der Waals surface area (Å²) in [5, 5.41) is 5.59. The predicted octanol–water partition coefficient (Wildman–Crippen LogP) is 0.276. The van der Waals surface area contributed by atoms with Crippen LogP contribution in [-0.4, -0.2) is 53.8 Å². The van der Waals surface area contributed by atoms with Crippen LogP contribution in [0.5, 0.6) is 0 Å². The summed E-state index contributed by atoms with van der Waals surface area (Å²) in [4.78, 5) is 39.6. The summed E-state index contributed by atoms with van der Waals surface area (Å²) < 4.78 is 28.7. The van der Waals surface area contributed by atoms with Crippen LogP contribution in [0, 0.1) is 11.6 Å². The third-order valence-electron chi connectivity index (χ3n) is 5.96. The Hall–Kier alpha value is -2.55. The van der Waals surface area contributed by atoms with Crippen molar-refractivity contribution in [2.24, 2.45) is 0 Å². The van der Waals surface area contributed by atoms with Crippen LogP contribution in [0.25, 0.3) is 0 Å². The third-order valence-corrected chi connectivity index (χ3v) is 5.96. The first-order chi connectivity index (χ1) is 12.9. The molecular formula is C18H18F2N4O3. The molecule has 6 rings (SSSR count).